The number of benzene rings is 1. The lowest BCUT2D eigenvalue weighted by Crippen LogP contribution is -2.30. The Morgan fingerprint density at radius 2 is 1.96 bits per heavy atom. The van der Waals surface area contributed by atoms with E-state index in [1.165, 1.54) is 0 Å². The van der Waals surface area contributed by atoms with E-state index in [1.54, 1.807) is 24.3 Å². The van der Waals surface area contributed by atoms with Crippen LogP contribution in [-0.2, 0) is 4.79 Å². The second-order valence-electron chi connectivity index (χ2n) is 5.93. The van der Waals surface area contributed by atoms with Gasteiger partial charge in [-0.25, -0.2) is 0 Å². The Hall–Kier alpha value is -1.59. The number of rotatable bonds is 8. The van der Waals surface area contributed by atoms with E-state index in [0.29, 0.717) is 18.1 Å². The van der Waals surface area contributed by atoms with Crippen molar-refractivity contribution in [2.45, 2.75) is 26.2 Å². The van der Waals surface area contributed by atoms with Crippen LogP contribution in [0.3, 0.4) is 0 Å². The molecule has 1 atom stereocenters. The van der Waals surface area contributed by atoms with Crippen LogP contribution in [0.25, 0.3) is 0 Å². The van der Waals surface area contributed by atoms with E-state index in [2.05, 4.69) is 5.32 Å². The summed E-state index contributed by atoms with van der Waals surface area (Å²) in [6.45, 7) is 5.07. The van der Waals surface area contributed by atoms with Crippen molar-refractivity contribution in [3.05, 3.63) is 29.8 Å². The molecule has 1 heterocycles. The fourth-order valence-corrected chi connectivity index (χ4v) is 2.94. The molecule has 0 aliphatic carbocycles. The van der Waals surface area contributed by atoms with Gasteiger partial charge in [0.05, 0.1) is 6.61 Å². The Bertz CT molecular complexity index is 534. The molecule has 1 unspecified atom stereocenters. The van der Waals surface area contributed by atoms with E-state index in [-0.39, 0.29) is 36.9 Å². The SMILES string of the molecule is CCOc1ccc(C(=O)CCC(=O)N2CCC(CNC)C2)cc1.Cl. The number of likely N-dealkylation sites (tertiary alicyclic amines) is 1. The Kier molecular flexibility index (Phi) is 8.79. The van der Waals surface area contributed by atoms with Crippen LogP contribution in [0.5, 0.6) is 5.75 Å². The number of ketones is 1. The van der Waals surface area contributed by atoms with Crippen LogP contribution in [0.2, 0.25) is 0 Å². The van der Waals surface area contributed by atoms with Crippen molar-refractivity contribution in [3.63, 3.8) is 0 Å². The number of hydrogen-bond donors (Lipinski definition) is 1. The molecule has 0 saturated carbocycles. The van der Waals surface area contributed by atoms with Crippen LogP contribution in [-0.4, -0.2) is 49.9 Å². The number of carbonyl (C=O) groups is 2. The Labute approximate surface area is 150 Å². The first-order chi connectivity index (χ1) is 11.1. The number of carbonyl (C=O) groups excluding carboxylic acids is 2. The van der Waals surface area contributed by atoms with Crippen molar-refractivity contribution in [2.24, 2.45) is 5.92 Å². The van der Waals surface area contributed by atoms with Crippen molar-refractivity contribution < 1.29 is 14.3 Å². The molecule has 0 bridgehead atoms. The molecule has 1 aliphatic rings. The minimum Gasteiger partial charge on any atom is -0.494 e. The predicted molar refractivity (Wildman–Crippen MR) is 97.0 cm³/mol. The third-order valence-corrected chi connectivity index (χ3v) is 4.18. The third kappa shape index (κ3) is 5.80. The van der Waals surface area contributed by atoms with E-state index in [1.807, 2.05) is 18.9 Å². The van der Waals surface area contributed by atoms with Crippen LogP contribution >= 0.6 is 12.4 Å². The smallest absolute Gasteiger partial charge is 0.223 e. The fraction of sp³-hybridized carbons (Fsp3) is 0.556. The van der Waals surface area contributed by atoms with Gasteiger partial charge in [-0.2, -0.15) is 0 Å². The highest BCUT2D eigenvalue weighted by molar-refractivity contribution is 5.98. The summed E-state index contributed by atoms with van der Waals surface area (Å²) in [5, 5.41) is 3.15. The van der Waals surface area contributed by atoms with E-state index >= 15 is 0 Å². The Morgan fingerprint density at radius 3 is 2.58 bits per heavy atom. The highest BCUT2D eigenvalue weighted by Crippen LogP contribution is 2.18. The van der Waals surface area contributed by atoms with Crippen LogP contribution in [0, 0.1) is 5.92 Å². The lowest BCUT2D eigenvalue weighted by Gasteiger charge is -2.16. The summed E-state index contributed by atoms with van der Waals surface area (Å²) >= 11 is 0. The van der Waals surface area contributed by atoms with Gasteiger partial charge in [0.1, 0.15) is 5.75 Å². The van der Waals surface area contributed by atoms with E-state index in [4.69, 9.17) is 4.74 Å². The summed E-state index contributed by atoms with van der Waals surface area (Å²) in [5.74, 6) is 1.38. The molecule has 0 spiro atoms. The first kappa shape index (κ1) is 20.5. The summed E-state index contributed by atoms with van der Waals surface area (Å²) < 4.78 is 5.36. The molecule has 0 radical (unpaired) electrons. The van der Waals surface area contributed by atoms with Crippen LogP contribution in [0.1, 0.15) is 36.5 Å². The minimum atomic E-state index is 0. The predicted octanol–water partition coefficient (Wildman–Crippen LogP) is 2.54. The van der Waals surface area contributed by atoms with Gasteiger partial charge in [0.25, 0.3) is 0 Å². The zero-order chi connectivity index (χ0) is 16.7. The number of hydrogen-bond acceptors (Lipinski definition) is 4. The van der Waals surface area contributed by atoms with E-state index in [0.717, 1.165) is 31.8 Å². The van der Waals surface area contributed by atoms with Gasteiger partial charge in [-0.15, -0.1) is 12.4 Å². The monoisotopic (exact) mass is 354 g/mol. The summed E-state index contributed by atoms with van der Waals surface area (Å²) in [4.78, 5) is 26.3. The lowest BCUT2D eigenvalue weighted by atomic mass is 10.1. The molecule has 1 amide bonds. The van der Waals surface area contributed by atoms with Gasteiger partial charge < -0.3 is 15.0 Å². The second kappa shape index (κ2) is 10.3. The highest BCUT2D eigenvalue weighted by atomic mass is 35.5. The van der Waals surface area contributed by atoms with Crippen molar-refractivity contribution in [1.82, 2.24) is 10.2 Å². The average Bonchev–Trinajstić information content (AvgIpc) is 3.02. The first-order valence-electron chi connectivity index (χ1n) is 8.32. The number of amides is 1. The third-order valence-electron chi connectivity index (χ3n) is 4.18. The van der Waals surface area contributed by atoms with Gasteiger partial charge in [0.15, 0.2) is 5.78 Å². The lowest BCUT2D eigenvalue weighted by molar-refractivity contribution is -0.130. The number of nitrogens with zero attached hydrogens (tertiary/aromatic N) is 1. The van der Waals surface area contributed by atoms with Crippen molar-refractivity contribution in [2.75, 3.05) is 33.3 Å². The zero-order valence-electron chi connectivity index (χ0n) is 14.4. The molecule has 1 aromatic carbocycles. The van der Waals surface area contributed by atoms with E-state index in [9.17, 15) is 9.59 Å². The molecule has 1 N–H and O–H groups in total. The van der Waals surface area contributed by atoms with Crippen LogP contribution < -0.4 is 10.1 Å². The number of Topliss-reactive ketones (excluding diaryl/α,β-unsaturated/α-hetero) is 1. The van der Waals surface area contributed by atoms with Gasteiger partial charge in [0, 0.05) is 31.5 Å². The van der Waals surface area contributed by atoms with Crippen LogP contribution in [0.15, 0.2) is 24.3 Å². The molecule has 134 valence electrons. The normalized spacial score (nSPS) is 16.6. The van der Waals surface area contributed by atoms with Gasteiger partial charge in [0.2, 0.25) is 5.91 Å². The summed E-state index contributed by atoms with van der Waals surface area (Å²) in [6, 6.07) is 7.11. The first-order valence-corrected chi connectivity index (χ1v) is 8.32. The van der Waals surface area contributed by atoms with Crippen molar-refractivity contribution in [3.8, 4) is 5.75 Å². The summed E-state index contributed by atoms with van der Waals surface area (Å²) in [5.41, 5.74) is 0.635. The maximum atomic E-state index is 12.2. The molecule has 1 aliphatic heterocycles. The Balaban J connectivity index is 0.00000288. The minimum absolute atomic E-state index is 0. The van der Waals surface area contributed by atoms with Gasteiger partial charge in [-0.1, -0.05) is 0 Å². The molecule has 5 nitrogen and oxygen atoms in total. The quantitative estimate of drug-likeness (QED) is 0.729. The van der Waals surface area contributed by atoms with Crippen molar-refractivity contribution in [1.29, 1.82) is 0 Å². The number of halogens is 1. The van der Waals surface area contributed by atoms with Gasteiger partial charge >= 0.3 is 0 Å². The maximum Gasteiger partial charge on any atom is 0.223 e. The van der Waals surface area contributed by atoms with Gasteiger partial charge in [-0.05, 0) is 57.1 Å². The molecule has 6 heteroatoms. The molecule has 0 aromatic heterocycles. The maximum absolute atomic E-state index is 12.2. The highest BCUT2D eigenvalue weighted by Gasteiger charge is 2.25. The molecular formula is C18H27ClN2O3. The molecule has 1 fully saturated rings. The molecular weight excluding hydrogens is 328 g/mol. The van der Waals surface area contributed by atoms with Crippen LogP contribution in [0.4, 0.5) is 0 Å². The van der Waals surface area contributed by atoms with E-state index < -0.39 is 0 Å². The summed E-state index contributed by atoms with van der Waals surface area (Å²) in [6.07, 6.45) is 1.59. The summed E-state index contributed by atoms with van der Waals surface area (Å²) in [7, 11) is 1.93. The fourth-order valence-electron chi connectivity index (χ4n) is 2.94. The molecule has 24 heavy (non-hydrogen) atoms. The number of nitrogens with one attached hydrogen (secondary N) is 1. The Morgan fingerprint density at radius 1 is 1.25 bits per heavy atom. The average molecular weight is 355 g/mol. The van der Waals surface area contributed by atoms with Crippen molar-refractivity contribution >= 4 is 24.1 Å². The number of ether oxygens (including phenoxy) is 1. The zero-order valence-corrected chi connectivity index (χ0v) is 15.2. The molecule has 2 rings (SSSR count). The molecule has 1 saturated heterocycles. The largest absolute Gasteiger partial charge is 0.494 e. The molecule has 1 aromatic rings. The standard InChI is InChI=1S/C18H26N2O3.ClH/c1-3-23-16-6-4-15(5-7-16)17(21)8-9-18(22)20-11-10-14(13-20)12-19-2;/h4-7,14,19H,3,8-13H2,1-2H3;1H. The topological polar surface area (TPSA) is 58.6 Å². The second-order valence-corrected chi connectivity index (χ2v) is 5.93. The van der Waals surface area contributed by atoms with Gasteiger partial charge in [-0.3, -0.25) is 9.59 Å².